The standard InChI is InChI=1S/C19H25N3O2/c1-15-6-7-16-4-2-3-5-17(16)22(15)11-8-18(23)21-19(14-20)9-12-24-13-10-19/h2-5,15H,6-13H2,1H3,(H,21,23)/t15-/m0/s1. The van der Waals surface area contributed by atoms with Gasteiger partial charge in [0.05, 0.1) is 6.07 Å². The third-order valence-corrected chi connectivity index (χ3v) is 5.18. The molecule has 3 rings (SSSR count). The average molecular weight is 327 g/mol. The predicted octanol–water partition coefficient (Wildman–Crippen LogP) is 2.41. The number of nitriles is 1. The van der Waals surface area contributed by atoms with Crippen LogP contribution in [0.1, 0.15) is 38.2 Å². The van der Waals surface area contributed by atoms with E-state index in [2.05, 4.69) is 47.5 Å². The topological polar surface area (TPSA) is 65.4 Å². The Morgan fingerprint density at radius 1 is 1.42 bits per heavy atom. The fourth-order valence-electron chi connectivity index (χ4n) is 3.64. The van der Waals surface area contributed by atoms with Crippen molar-refractivity contribution in [3.63, 3.8) is 0 Å². The van der Waals surface area contributed by atoms with Crippen LogP contribution in [0.2, 0.25) is 0 Å². The molecule has 1 amide bonds. The number of fused-ring (bicyclic) bond motifs is 1. The molecule has 24 heavy (non-hydrogen) atoms. The van der Waals surface area contributed by atoms with Gasteiger partial charge in [0, 0.05) is 50.8 Å². The molecule has 5 heteroatoms. The number of carbonyl (C=O) groups is 1. The monoisotopic (exact) mass is 327 g/mol. The number of nitrogens with zero attached hydrogens (tertiary/aromatic N) is 2. The van der Waals surface area contributed by atoms with Gasteiger partial charge in [-0.05, 0) is 31.4 Å². The van der Waals surface area contributed by atoms with Crippen molar-refractivity contribution in [2.75, 3.05) is 24.7 Å². The first-order chi connectivity index (χ1) is 11.6. The van der Waals surface area contributed by atoms with Crippen LogP contribution in [0.3, 0.4) is 0 Å². The molecule has 0 unspecified atom stereocenters. The van der Waals surface area contributed by atoms with Crippen LogP contribution in [-0.4, -0.2) is 37.2 Å². The minimum absolute atomic E-state index is 0.0475. The molecule has 1 aromatic rings. The highest BCUT2D eigenvalue weighted by molar-refractivity contribution is 5.78. The van der Waals surface area contributed by atoms with Gasteiger partial charge in [0.15, 0.2) is 0 Å². The van der Waals surface area contributed by atoms with Crippen LogP contribution in [0.4, 0.5) is 5.69 Å². The molecular weight excluding hydrogens is 302 g/mol. The van der Waals surface area contributed by atoms with Crippen LogP contribution in [0.5, 0.6) is 0 Å². The van der Waals surface area contributed by atoms with Crippen molar-refractivity contribution in [1.29, 1.82) is 5.26 Å². The van der Waals surface area contributed by atoms with E-state index in [9.17, 15) is 10.1 Å². The summed E-state index contributed by atoms with van der Waals surface area (Å²) in [4.78, 5) is 14.7. The zero-order valence-electron chi connectivity index (χ0n) is 14.3. The van der Waals surface area contributed by atoms with Crippen LogP contribution >= 0.6 is 0 Å². The van der Waals surface area contributed by atoms with Gasteiger partial charge in [-0.2, -0.15) is 5.26 Å². The molecule has 128 valence electrons. The molecule has 1 aromatic carbocycles. The van der Waals surface area contributed by atoms with E-state index in [-0.39, 0.29) is 5.91 Å². The lowest BCUT2D eigenvalue weighted by atomic mass is 9.91. The van der Waals surface area contributed by atoms with Crippen molar-refractivity contribution in [3.8, 4) is 6.07 Å². The summed E-state index contributed by atoms with van der Waals surface area (Å²) in [5, 5.41) is 12.4. The van der Waals surface area contributed by atoms with Crippen LogP contribution in [0.25, 0.3) is 0 Å². The van der Waals surface area contributed by atoms with E-state index in [0.717, 1.165) is 12.8 Å². The number of ether oxygens (including phenoxy) is 1. The van der Waals surface area contributed by atoms with Gasteiger partial charge in [-0.15, -0.1) is 0 Å². The van der Waals surface area contributed by atoms with E-state index in [1.807, 2.05) is 0 Å². The summed E-state index contributed by atoms with van der Waals surface area (Å²) in [6.07, 6.45) is 3.75. The lowest BCUT2D eigenvalue weighted by Gasteiger charge is -2.37. The number of hydrogen-bond donors (Lipinski definition) is 1. The second kappa shape index (κ2) is 7.23. The molecule has 2 aliphatic rings. The molecule has 0 aliphatic carbocycles. The Morgan fingerprint density at radius 3 is 2.92 bits per heavy atom. The Balaban J connectivity index is 1.61. The molecule has 1 saturated heterocycles. The summed E-state index contributed by atoms with van der Waals surface area (Å²) >= 11 is 0. The van der Waals surface area contributed by atoms with E-state index >= 15 is 0 Å². The summed E-state index contributed by atoms with van der Waals surface area (Å²) in [5.74, 6) is -0.0475. The largest absolute Gasteiger partial charge is 0.381 e. The maximum absolute atomic E-state index is 12.4. The molecule has 5 nitrogen and oxygen atoms in total. The number of nitrogens with one attached hydrogen (secondary N) is 1. The van der Waals surface area contributed by atoms with E-state index in [4.69, 9.17) is 4.74 Å². The van der Waals surface area contributed by atoms with E-state index in [0.29, 0.717) is 45.1 Å². The van der Waals surface area contributed by atoms with Crippen molar-refractivity contribution in [2.45, 2.75) is 50.6 Å². The highest BCUT2D eigenvalue weighted by Crippen LogP contribution is 2.30. The summed E-state index contributed by atoms with van der Waals surface area (Å²) in [6.45, 7) is 3.96. The van der Waals surface area contributed by atoms with E-state index in [1.165, 1.54) is 11.3 Å². The normalized spacial score (nSPS) is 22.3. The molecular formula is C19H25N3O2. The number of anilines is 1. The predicted molar refractivity (Wildman–Crippen MR) is 92.7 cm³/mol. The Hall–Kier alpha value is -2.06. The van der Waals surface area contributed by atoms with Gasteiger partial charge >= 0.3 is 0 Å². The summed E-state index contributed by atoms with van der Waals surface area (Å²) in [7, 11) is 0. The maximum atomic E-state index is 12.4. The third-order valence-electron chi connectivity index (χ3n) is 5.18. The molecule has 1 fully saturated rings. The first-order valence-electron chi connectivity index (χ1n) is 8.78. The lowest BCUT2D eigenvalue weighted by Crippen LogP contribution is -2.51. The Kier molecular flexibility index (Phi) is 5.06. The SMILES string of the molecule is C[C@H]1CCc2ccccc2N1CCC(=O)NC1(C#N)CCOCC1. The number of para-hydroxylation sites is 1. The fourth-order valence-corrected chi connectivity index (χ4v) is 3.64. The minimum atomic E-state index is -0.749. The minimum Gasteiger partial charge on any atom is -0.381 e. The maximum Gasteiger partial charge on any atom is 0.223 e. The number of benzene rings is 1. The average Bonchev–Trinajstić information content (AvgIpc) is 2.61. The Bertz CT molecular complexity index is 632. The van der Waals surface area contributed by atoms with Gasteiger partial charge in [-0.3, -0.25) is 4.79 Å². The molecule has 0 saturated carbocycles. The number of carbonyl (C=O) groups excluding carboxylic acids is 1. The third kappa shape index (κ3) is 3.54. The fraction of sp³-hybridized carbons (Fsp3) is 0.579. The summed E-state index contributed by atoms with van der Waals surface area (Å²) in [5.41, 5.74) is 1.85. The first-order valence-corrected chi connectivity index (χ1v) is 8.78. The quantitative estimate of drug-likeness (QED) is 0.922. The van der Waals surface area contributed by atoms with Crippen molar-refractivity contribution < 1.29 is 9.53 Å². The van der Waals surface area contributed by atoms with Crippen molar-refractivity contribution in [1.82, 2.24) is 5.32 Å². The van der Waals surface area contributed by atoms with E-state index in [1.54, 1.807) is 0 Å². The van der Waals surface area contributed by atoms with Crippen molar-refractivity contribution in [2.24, 2.45) is 0 Å². The smallest absolute Gasteiger partial charge is 0.223 e. The summed E-state index contributed by atoms with van der Waals surface area (Å²) < 4.78 is 5.31. The van der Waals surface area contributed by atoms with Crippen molar-refractivity contribution >= 4 is 11.6 Å². The Morgan fingerprint density at radius 2 is 2.17 bits per heavy atom. The second-order valence-electron chi connectivity index (χ2n) is 6.81. The van der Waals surface area contributed by atoms with Gasteiger partial charge in [-0.1, -0.05) is 18.2 Å². The summed E-state index contributed by atoms with van der Waals surface area (Å²) in [6, 6.07) is 11.1. The highest BCUT2D eigenvalue weighted by Gasteiger charge is 2.34. The highest BCUT2D eigenvalue weighted by atomic mass is 16.5. The number of rotatable bonds is 4. The molecule has 1 atom stereocenters. The lowest BCUT2D eigenvalue weighted by molar-refractivity contribution is -0.123. The molecule has 0 bridgehead atoms. The van der Waals surface area contributed by atoms with Crippen LogP contribution in [0, 0.1) is 11.3 Å². The van der Waals surface area contributed by atoms with Gasteiger partial charge < -0.3 is 15.0 Å². The van der Waals surface area contributed by atoms with Crippen LogP contribution in [-0.2, 0) is 16.0 Å². The number of aryl methyl sites for hydroxylation is 1. The number of amides is 1. The van der Waals surface area contributed by atoms with Crippen LogP contribution in [0.15, 0.2) is 24.3 Å². The van der Waals surface area contributed by atoms with E-state index < -0.39 is 5.54 Å². The first kappa shape index (κ1) is 16.8. The van der Waals surface area contributed by atoms with Gasteiger partial charge in [-0.25, -0.2) is 0 Å². The zero-order valence-corrected chi connectivity index (χ0v) is 14.3. The van der Waals surface area contributed by atoms with Gasteiger partial charge in [0.25, 0.3) is 0 Å². The van der Waals surface area contributed by atoms with Gasteiger partial charge in [0.1, 0.15) is 5.54 Å². The van der Waals surface area contributed by atoms with Crippen molar-refractivity contribution in [3.05, 3.63) is 29.8 Å². The molecule has 0 radical (unpaired) electrons. The molecule has 0 spiro atoms. The molecule has 0 aromatic heterocycles. The number of hydrogen-bond acceptors (Lipinski definition) is 4. The second-order valence-corrected chi connectivity index (χ2v) is 6.81. The Labute approximate surface area is 143 Å². The molecule has 2 aliphatic heterocycles. The zero-order chi connectivity index (χ0) is 17.0. The molecule has 1 N–H and O–H groups in total. The molecule has 2 heterocycles. The van der Waals surface area contributed by atoms with Gasteiger partial charge in [0.2, 0.25) is 5.91 Å². The van der Waals surface area contributed by atoms with Crippen LogP contribution < -0.4 is 10.2 Å².